The van der Waals surface area contributed by atoms with Gasteiger partial charge in [-0.05, 0) is 25.1 Å². The summed E-state index contributed by atoms with van der Waals surface area (Å²) in [5.41, 5.74) is 0.431. The zero-order valence-electron chi connectivity index (χ0n) is 12.2. The SMILES string of the molecule is CCNCC(C)CN1C(=O)COc2ccc([N+](=O)[O-])cc21. The number of ether oxygens (including phenoxy) is 1. The van der Waals surface area contributed by atoms with Crippen LogP contribution < -0.4 is 15.0 Å². The lowest BCUT2D eigenvalue weighted by molar-refractivity contribution is -0.384. The molecule has 7 heteroatoms. The second kappa shape index (κ2) is 6.53. The number of nitrogens with zero attached hydrogens (tertiary/aromatic N) is 2. The Kier molecular flexibility index (Phi) is 4.74. The average molecular weight is 293 g/mol. The molecule has 1 aromatic carbocycles. The van der Waals surface area contributed by atoms with Crippen LogP contribution in [0.2, 0.25) is 0 Å². The van der Waals surface area contributed by atoms with E-state index in [0.29, 0.717) is 18.0 Å². The van der Waals surface area contributed by atoms with Crippen LogP contribution in [0.15, 0.2) is 18.2 Å². The quantitative estimate of drug-likeness (QED) is 0.635. The predicted octanol–water partition coefficient (Wildman–Crippen LogP) is 1.57. The maximum absolute atomic E-state index is 12.1. The van der Waals surface area contributed by atoms with Gasteiger partial charge in [0.1, 0.15) is 5.75 Å². The van der Waals surface area contributed by atoms with E-state index in [1.807, 2.05) is 13.8 Å². The minimum Gasteiger partial charge on any atom is -0.482 e. The Morgan fingerprint density at radius 3 is 2.95 bits per heavy atom. The molecule has 0 spiro atoms. The highest BCUT2D eigenvalue weighted by Crippen LogP contribution is 2.35. The Morgan fingerprint density at radius 2 is 2.29 bits per heavy atom. The summed E-state index contributed by atoms with van der Waals surface area (Å²) >= 11 is 0. The lowest BCUT2D eigenvalue weighted by Crippen LogP contribution is -2.43. The van der Waals surface area contributed by atoms with E-state index in [1.54, 1.807) is 11.0 Å². The van der Waals surface area contributed by atoms with Gasteiger partial charge in [0.05, 0.1) is 10.6 Å². The maximum atomic E-state index is 12.1. The summed E-state index contributed by atoms with van der Waals surface area (Å²) in [4.78, 5) is 24.1. The number of hydrogen-bond donors (Lipinski definition) is 1. The van der Waals surface area contributed by atoms with Crippen molar-refractivity contribution >= 4 is 17.3 Å². The van der Waals surface area contributed by atoms with Gasteiger partial charge in [0, 0.05) is 18.7 Å². The van der Waals surface area contributed by atoms with E-state index in [2.05, 4.69) is 5.32 Å². The third-order valence-electron chi connectivity index (χ3n) is 3.33. The van der Waals surface area contributed by atoms with Crippen LogP contribution in [0.5, 0.6) is 5.75 Å². The van der Waals surface area contributed by atoms with Crippen molar-refractivity contribution in [3.63, 3.8) is 0 Å². The van der Waals surface area contributed by atoms with Crippen molar-refractivity contribution in [2.75, 3.05) is 31.1 Å². The highest BCUT2D eigenvalue weighted by Gasteiger charge is 2.28. The predicted molar refractivity (Wildman–Crippen MR) is 78.7 cm³/mol. The number of fused-ring (bicyclic) bond motifs is 1. The third-order valence-corrected chi connectivity index (χ3v) is 3.33. The number of nitrogens with one attached hydrogen (secondary N) is 1. The molecule has 1 amide bonds. The lowest BCUT2D eigenvalue weighted by atomic mass is 10.1. The van der Waals surface area contributed by atoms with Crippen molar-refractivity contribution in [3.8, 4) is 5.75 Å². The largest absolute Gasteiger partial charge is 0.482 e. The molecule has 0 radical (unpaired) electrons. The van der Waals surface area contributed by atoms with Crippen LogP contribution in [0.4, 0.5) is 11.4 Å². The van der Waals surface area contributed by atoms with Crippen molar-refractivity contribution in [2.45, 2.75) is 13.8 Å². The van der Waals surface area contributed by atoms with E-state index >= 15 is 0 Å². The molecule has 1 aliphatic rings. The molecule has 114 valence electrons. The molecule has 0 saturated heterocycles. The molecule has 0 aromatic heterocycles. The summed E-state index contributed by atoms with van der Waals surface area (Å²) in [5.74, 6) is 0.571. The second-order valence-corrected chi connectivity index (χ2v) is 5.12. The third kappa shape index (κ3) is 3.49. The van der Waals surface area contributed by atoms with Crippen molar-refractivity contribution < 1.29 is 14.5 Å². The highest BCUT2D eigenvalue weighted by molar-refractivity contribution is 5.98. The van der Waals surface area contributed by atoms with Crippen LogP contribution in [0.25, 0.3) is 0 Å². The van der Waals surface area contributed by atoms with Gasteiger partial charge in [-0.3, -0.25) is 14.9 Å². The first-order valence-corrected chi connectivity index (χ1v) is 6.95. The number of hydrogen-bond acceptors (Lipinski definition) is 5. The van der Waals surface area contributed by atoms with E-state index in [4.69, 9.17) is 4.74 Å². The number of carbonyl (C=O) groups is 1. The summed E-state index contributed by atoms with van der Waals surface area (Å²) in [6.07, 6.45) is 0. The van der Waals surface area contributed by atoms with Gasteiger partial charge in [0.25, 0.3) is 11.6 Å². The summed E-state index contributed by atoms with van der Waals surface area (Å²) in [5, 5.41) is 14.1. The molecule has 1 aliphatic heterocycles. The summed E-state index contributed by atoms with van der Waals surface area (Å²) < 4.78 is 5.33. The van der Waals surface area contributed by atoms with Gasteiger partial charge in [-0.25, -0.2) is 0 Å². The first-order valence-electron chi connectivity index (χ1n) is 6.95. The van der Waals surface area contributed by atoms with Crippen LogP contribution in [0.3, 0.4) is 0 Å². The number of non-ortho nitro benzene ring substituents is 1. The second-order valence-electron chi connectivity index (χ2n) is 5.12. The fourth-order valence-electron chi connectivity index (χ4n) is 2.27. The topological polar surface area (TPSA) is 84.7 Å². The number of nitro benzene ring substituents is 1. The molecule has 0 bridgehead atoms. The average Bonchev–Trinajstić information content (AvgIpc) is 2.47. The Morgan fingerprint density at radius 1 is 1.52 bits per heavy atom. The van der Waals surface area contributed by atoms with Gasteiger partial charge in [0.15, 0.2) is 6.61 Å². The van der Waals surface area contributed by atoms with E-state index < -0.39 is 4.92 Å². The fourth-order valence-corrected chi connectivity index (χ4v) is 2.27. The smallest absolute Gasteiger partial charge is 0.271 e. The number of anilines is 1. The van der Waals surface area contributed by atoms with E-state index in [-0.39, 0.29) is 24.1 Å². The summed E-state index contributed by atoms with van der Waals surface area (Å²) in [6.45, 7) is 6.17. The minimum absolute atomic E-state index is 0.0290. The monoisotopic (exact) mass is 293 g/mol. The Balaban J connectivity index is 2.23. The lowest BCUT2D eigenvalue weighted by Gasteiger charge is -2.31. The van der Waals surface area contributed by atoms with E-state index in [9.17, 15) is 14.9 Å². The number of nitro groups is 1. The van der Waals surface area contributed by atoms with Crippen LogP contribution in [-0.4, -0.2) is 37.1 Å². The molecule has 2 rings (SSSR count). The molecule has 7 nitrogen and oxygen atoms in total. The van der Waals surface area contributed by atoms with E-state index in [0.717, 1.165) is 13.1 Å². The molecule has 0 saturated carbocycles. The van der Waals surface area contributed by atoms with Crippen molar-refractivity contribution in [1.29, 1.82) is 0 Å². The van der Waals surface area contributed by atoms with Crippen LogP contribution >= 0.6 is 0 Å². The van der Waals surface area contributed by atoms with Crippen molar-refractivity contribution in [2.24, 2.45) is 5.92 Å². The number of carbonyl (C=O) groups excluding carboxylic acids is 1. The molecule has 1 N–H and O–H groups in total. The Bertz CT molecular complexity index is 547. The number of rotatable bonds is 6. The van der Waals surface area contributed by atoms with Crippen molar-refractivity contribution in [3.05, 3.63) is 28.3 Å². The molecule has 1 heterocycles. The van der Waals surface area contributed by atoms with Gasteiger partial charge in [0.2, 0.25) is 0 Å². The first-order chi connectivity index (χ1) is 10.0. The van der Waals surface area contributed by atoms with Crippen molar-refractivity contribution in [1.82, 2.24) is 5.32 Å². The van der Waals surface area contributed by atoms with Gasteiger partial charge < -0.3 is 15.0 Å². The van der Waals surface area contributed by atoms with E-state index in [1.165, 1.54) is 12.1 Å². The highest BCUT2D eigenvalue weighted by atomic mass is 16.6. The standard InChI is InChI=1S/C14H19N3O4/c1-3-15-7-10(2)8-16-12-6-11(17(19)20)4-5-13(12)21-9-14(16)18/h4-6,10,15H,3,7-9H2,1-2H3. The molecule has 0 aliphatic carbocycles. The molecule has 0 fully saturated rings. The normalized spacial score (nSPS) is 15.3. The molecular weight excluding hydrogens is 274 g/mol. The maximum Gasteiger partial charge on any atom is 0.271 e. The Labute approximate surface area is 123 Å². The van der Waals surface area contributed by atoms with Gasteiger partial charge in [-0.15, -0.1) is 0 Å². The number of amides is 1. The molecule has 1 unspecified atom stereocenters. The zero-order valence-corrected chi connectivity index (χ0v) is 12.2. The molecular formula is C14H19N3O4. The summed E-state index contributed by atoms with van der Waals surface area (Å²) in [7, 11) is 0. The van der Waals surface area contributed by atoms with Gasteiger partial charge >= 0.3 is 0 Å². The van der Waals surface area contributed by atoms with Crippen LogP contribution in [-0.2, 0) is 4.79 Å². The molecule has 21 heavy (non-hydrogen) atoms. The fraction of sp³-hybridized carbons (Fsp3) is 0.500. The molecule has 1 atom stereocenters. The van der Waals surface area contributed by atoms with Gasteiger partial charge in [-0.1, -0.05) is 13.8 Å². The zero-order chi connectivity index (χ0) is 15.4. The molecule has 1 aromatic rings. The Hall–Kier alpha value is -2.15. The van der Waals surface area contributed by atoms with Gasteiger partial charge in [-0.2, -0.15) is 0 Å². The number of benzene rings is 1. The first kappa shape index (κ1) is 15.2. The van der Waals surface area contributed by atoms with Crippen LogP contribution in [0.1, 0.15) is 13.8 Å². The van der Waals surface area contributed by atoms with Crippen LogP contribution in [0, 0.1) is 16.0 Å². The minimum atomic E-state index is -0.473. The summed E-state index contributed by atoms with van der Waals surface area (Å²) in [6, 6.07) is 4.32.